The molecule has 284 valence electrons. The summed E-state index contributed by atoms with van der Waals surface area (Å²) in [5.41, 5.74) is 0. The summed E-state index contributed by atoms with van der Waals surface area (Å²) in [7, 11) is 4.44. The molecule has 4 fully saturated rings. The number of hydrogen-bond acceptors (Lipinski definition) is 6. The average Bonchev–Trinajstić information content (AvgIpc) is 3.03. The van der Waals surface area contributed by atoms with E-state index in [1.807, 2.05) is 0 Å². The van der Waals surface area contributed by atoms with Gasteiger partial charge in [-0.15, -0.1) is 0 Å². The van der Waals surface area contributed by atoms with Crippen LogP contribution >= 0.6 is 0 Å². The van der Waals surface area contributed by atoms with E-state index in [2.05, 4.69) is 101 Å². The molecule has 0 spiro atoms. The molecule has 0 aromatic rings. The van der Waals surface area contributed by atoms with Gasteiger partial charge >= 0.3 is 0 Å². The molecule has 2 saturated heterocycles. The third-order valence-corrected chi connectivity index (χ3v) is 10.3. The fraction of sp³-hybridized carbons (Fsp3) is 1.00. The maximum Gasteiger partial charge on any atom is 0.00187 e. The van der Waals surface area contributed by atoms with Crippen molar-refractivity contribution in [3.8, 4) is 0 Å². The SMILES string of the molecule is C.CC(C)NCC1CCCCC1.CC(C)NCC1CCCCC1.CC(C)NCC1CCCN(C)C1.CC(C)NCC1CCN(C)CC1. The van der Waals surface area contributed by atoms with E-state index in [0.717, 1.165) is 23.7 Å². The summed E-state index contributed by atoms with van der Waals surface area (Å²) < 4.78 is 0. The average molecular weight is 667 g/mol. The number of hydrogen-bond donors (Lipinski definition) is 4. The van der Waals surface area contributed by atoms with Crippen LogP contribution in [0.5, 0.6) is 0 Å². The lowest BCUT2D eigenvalue weighted by atomic mass is 9.89. The number of rotatable bonds is 12. The summed E-state index contributed by atoms with van der Waals surface area (Å²) in [5.74, 6) is 3.76. The van der Waals surface area contributed by atoms with Crippen LogP contribution in [0.15, 0.2) is 0 Å². The maximum absolute atomic E-state index is 3.52. The van der Waals surface area contributed by atoms with Crippen molar-refractivity contribution in [1.29, 1.82) is 0 Å². The molecule has 0 aromatic heterocycles. The van der Waals surface area contributed by atoms with Gasteiger partial charge in [-0.2, -0.15) is 0 Å². The highest BCUT2D eigenvalue weighted by atomic mass is 15.1. The first kappa shape index (κ1) is 46.8. The highest BCUT2D eigenvalue weighted by Gasteiger charge is 2.17. The van der Waals surface area contributed by atoms with E-state index in [-0.39, 0.29) is 7.43 Å². The number of likely N-dealkylation sites (tertiary alicyclic amines) is 2. The molecular formula is C41H90N6. The predicted octanol–water partition coefficient (Wildman–Crippen LogP) is 8.42. The molecule has 1 unspecified atom stereocenters. The summed E-state index contributed by atoms with van der Waals surface area (Å²) in [5, 5.41) is 14.1. The van der Waals surface area contributed by atoms with Crippen LogP contribution in [-0.4, -0.2) is 100 Å². The van der Waals surface area contributed by atoms with Gasteiger partial charge in [-0.25, -0.2) is 0 Å². The minimum atomic E-state index is 0. The van der Waals surface area contributed by atoms with E-state index in [1.165, 1.54) is 142 Å². The van der Waals surface area contributed by atoms with E-state index in [4.69, 9.17) is 0 Å². The Morgan fingerprint density at radius 2 is 0.723 bits per heavy atom. The van der Waals surface area contributed by atoms with Crippen LogP contribution in [-0.2, 0) is 0 Å². The highest BCUT2D eigenvalue weighted by molar-refractivity contribution is 4.74. The van der Waals surface area contributed by atoms with E-state index < -0.39 is 0 Å². The van der Waals surface area contributed by atoms with Gasteiger partial charge in [0.05, 0.1) is 0 Å². The van der Waals surface area contributed by atoms with Crippen LogP contribution in [0, 0.1) is 23.7 Å². The van der Waals surface area contributed by atoms with Gasteiger partial charge in [0.15, 0.2) is 0 Å². The molecule has 2 aliphatic carbocycles. The topological polar surface area (TPSA) is 54.6 Å². The standard InChI is InChI=1S/2C10H22N2.2C10H21N.CH4/c1-9(2)11-8-10-4-6-12(3)7-5-10;1-9(2)11-7-10-5-4-6-12(3)8-10;2*1-9(2)11-8-10-6-4-3-5-7-10;/h2*9-11H,4-8H2,1-3H3;2*9-11H,3-8H2,1-2H3;1H4. The Morgan fingerprint density at radius 3 is 1.06 bits per heavy atom. The molecule has 4 N–H and O–H groups in total. The second kappa shape index (κ2) is 29.5. The van der Waals surface area contributed by atoms with Crippen LogP contribution in [0.3, 0.4) is 0 Å². The first-order chi connectivity index (χ1) is 21.9. The van der Waals surface area contributed by atoms with Crippen molar-refractivity contribution in [2.75, 3.05) is 66.5 Å². The molecule has 0 aromatic carbocycles. The second-order valence-corrected chi connectivity index (χ2v) is 16.8. The van der Waals surface area contributed by atoms with Crippen molar-refractivity contribution < 1.29 is 0 Å². The summed E-state index contributed by atoms with van der Waals surface area (Å²) >= 11 is 0. The maximum atomic E-state index is 3.52. The van der Waals surface area contributed by atoms with Gasteiger partial charge in [-0.3, -0.25) is 0 Å². The molecule has 0 bridgehead atoms. The lowest BCUT2D eigenvalue weighted by Crippen LogP contribution is -2.39. The molecular weight excluding hydrogens is 576 g/mol. The number of nitrogens with zero attached hydrogens (tertiary/aromatic N) is 2. The molecule has 2 saturated carbocycles. The summed E-state index contributed by atoms with van der Waals surface area (Å²) in [6.45, 7) is 27.8. The highest BCUT2D eigenvalue weighted by Crippen LogP contribution is 2.23. The first-order valence-corrected chi connectivity index (χ1v) is 20.2. The number of nitrogens with one attached hydrogen (secondary N) is 4. The van der Waals surface area contributed by atoms with Crippen molar-refractivity contribution in [2.24, 2.45) is 23.7 Å². The molecule has 6 heteroatoms. The van der Waals surface area contributed by atoms with Gasteiger partial charge in [-0.05, 0) is 135 Å². The Labute approximate surface area is 297 Å². The fourth-order valence-electron chi connectivity index (χ4n) is 7.10. The largest absolute Gasteiger partial charge is 0.314 e. The van der Waals surface area contributed by atoms with Crippen molar-refractivity contribution in [3.63, 3.8) is 0 Å². The lowest BCUT2D eigenvalue weighted by molar-refractivity contribution is 0.204. The molecule has 4 aliphatic rings. The zero-order valence-electron chi connectivity index (χ0n) is 33.1. The fourth-order valence-corrected chi connectivity index (χ4v) is 7.10. The first-order valence-electron chi connectivity index (χ1n) is 20.2. The van der Waals surface area contributed by atoms with Gasteiger partial charge in [0.2, 0.25) is 0 Å². The zero-order chi connectivity index (χ0) is 34.2. The van der Waals surface area contributed by atoms with Gasteiger partial charge in [-0.1, -0.05) is 101 Å². The van der Waals surface area contributed by atoms with Gasteiger partial charge in [0.1, 0.15) is 0 Å². The van der Waals surface area contributed by atoms with Crippen LogP contribution in [0.2, 0.25) is 0 Å². The summed E-state index contributed by atoms with van der Waals surface area (Å²) in [6.07, 6.45) is 20.1. The molecule has 1 atom stereocenters. The van der Waals surface area contributed by atoms with Crippen molar-refractivity contribution in [1.82, 2.24) is 31.1 Å². The summed E-state index contributed by atoms with van der Waals surface area (Å²) in [4.78, 5) is 4.86. The van der Waals surface area contributed by atoms with Crippen molar-refractivity contribution in [3.05, 3.63) is 0 Å². The number of piperidine rings is 2. The molecule has 0 amide bonds. The molecule has 0 radical (unpaired) electrons. The van der Waals surface area contributed by atoms with E-state index in [1.54, 1.807) is 0 Å². The summed E-state index contributed by atoms with van der Waals surface area (Å²) in [6, 6.07) is 2.61. The van der Waals surface area contributed by atoms with Crippen LogP contribution < -0.4 is 21.3 Å². The van der Waals surface area contributed by atoms with Crippen LogP contribution in [0.25, 0.3) is 0 Å². The quantitative estimate of drug-likeness (QED) is 0.168. The minimum absolute atomic E-state index is 0. The molecule has 2 aliphatic heterocycles. The van der Waals surface area contributed by atoms with Crippen LogP contribution in [0.1, 0.15) is 153 Å². The smallest absolute Gasteiger partial charge is 0.00187 e. The minimum Gasteiger partial charge on any atom is -0.314 e. The van der Waals surface area contributed by atoms with E-state index >= 15 is 0 Å². The molecule has 4 rings (SSSR count). The monoisotopic (exact) mass is 667 g/mol. The van der Waals surface area contributed by atoms with Crippen LogP contribution in [0.4, 0.5) is 0 Å². The Balaban J connectivity index is 0.000000597. The van der Waals surface area contributed by atoms with E-state index in [9.17, 15) is 0 Å². The van der Waals surface area contributed by atoms with Gasteiger partial charge in [0, 0.05) is 30.7 Å². The molecule has 2 heterocycles. The predicted molar refractivity (Wildman–Crippen MR) is 213 cm³/mol. The zero-order valence-corrected chi connectivity index (χ0v) is 33.1. The van der Waals surface area contributed by atoms with Crippen molar-refractivity contribution in [2.45, 2.75) is 177 Å². The third kappa shape index (κ3) is 28.2. The Hall–Kier alpha value is -0.240. The lowest BCUT2D eigenvalue weighted by Gasteiger charge is -2.30. The molecule has 6 nitrogen and oxygen atoms in total. The third-order valence-electron chi connectivity index (χ3n) is 10.3. The Bertz CT molecular complexity index is 622. The second-order valence-electron chi connectivity index (χ2n) is 16.8. The van der Waals surface area contributed by atoms with Gasteiger partial charge < -0.3 is 31.1 Å². The Morgan fingerprint density at radius 1 is 0.404 bits per heavy atom. The Kier molecular flexibility index (Phi) is 29.3. The van der Waals surface area contributed by atoms with E-state index in [0.29, 0.717) is 24.2 Å². The van der Waals surface area contributed by atoms with Gasteiger partial charge in [0.25, 0.3) is 0 Å². The normalized spacial score (nSPS) is 22.2. The molecule has 47 heavy (non-hydrogen) atoms. The van der Waals surface area contributed by atoms with Crippen molar-refractivity contribution >= 4 is 0 Å².